The zero-order valence-corrected chi connectivity index (χ0v) is 15.9. The van der Waals surface area contributed by atoms with Crippen LogP contribution in [0.3, 0.4) is 0 Å². The van der Waals surface area contributed by atoms with E-state index >= 15 is 0 Å². The smallest absolute Gasteiger partial charge is 0.249 e. The lowest BCUT2D eigenvalue weighted by Gasteiger charge is -2.28. The molecule has 0 unspecified atom stereocenters. The van der Waals surface area contributed by atoms with Gasteiger partial charge in [0.15, 0.2) is 0 Å². The molecule has 0 N–H and O–H groups in total. The van der Waals surface area contributed by atoms with Gasteiger partial charge in [0.2, 0.25) is 15.9 Å². The van der Waals surface area contributed by atoms with Crippen molar-refractivity contribution >= 4 is 10.0 Å². The second-order valence-electron chi connectivity index (χ2n) is 7.73. The highest BCUT2D eigenvalue weighted by atomic mass is 32.2. The minimum Gasteiger partial charge on any atom is -0.470 e. The number of hydrogen-bond acceptors (Lipinski definition) is 5. The number of benzene rings is 1. The Bertz CT molecular complexity index is 930. The first kappa shape index (κ1) is 17.2. The highest BCUT2D eigenvalue weighted by molar-refractivity contribution is 7.89. The lowest BCUT2D eigenvalue weighted by Crippen LogP contribution is -2.46. The van der Waals surface area contributed by atoms with Gasteiger partial charge in [-0.05, 0) is 36.5 Å². The van der Waals surface area contributed by atoms with Crippen LogP contribution in [-0.2, 0) is 16.6 Å². The summed E-state index contributed by atoms with van der Waals surface area (Å²) in [6.45, 7) is 2.84. The van der Waals surface area contributed by atoms with Gasteiger partial charge in [-0.15, -0.1) is 0 Å². The molecule has 0 bridgehead atoms. The fourth-order valence-corrected chi connectivity index (χ4v) is 5.82. The molecule has 0 radical (unpaired) electrons. The van der Waals surface area contributed by atoms with Gasteiger partial charge in [0, 0.05) is 32.4 Å². The van der Waals surface area contributed by atoms with E-state index in [-0.39, 0.29) is 22.9 Å². The monoisotopic (exact) mass is 385 g/mol. The fraction of sp³-hybridized carbons (Fsp3) is 0.450. The summed E-state index contributed by atoms with van der Waals surface area (Å²) in [6, 6.07) is 12.8. The molecule has 1 aromatic heterocycles. The van der Waals surface area contributed by atoms with Crippen LogP contribution < -0.4 is 4.74 Å². The number of rotatable bonds is 4. The molecule has 2 atom stereocenters. The molecule has 5 rings (SSSR count). The maximum Gasteiger partial charge on any atom is 0.249 e. The predicted octanol–water partition coefficient (Wildman–Crippen LogP) is 2.13. The van der Waals surface area contributed by atoms with Crippen molar-refractivity contribution in [2.24, 2.45) is 5.92 Å². The van der Waals surface area contributed by atoms with E-state index in [1.165, 1.54) is 12.8 Å². The summed E-state index contributed by atoms with van der Waals surface area (Å²) in [4.78, 5) is 6.75. The third-order valence-corrected chi connectivity index (χ3v) is 7.55. The van der Waals surface area contributed by atoms with Crippen LogP contribution in [0.25, 0.3) is 0 Å². The van der Waals surface area contributed by atoms with Crippen LogP contribution in [0.4, 0.5) is 0 Å². The van der Waals surface area contributed by atoms with Crippen LogP contribution in [0, 0.1) is 5.92 Å². The molecule has 1 saturated heterocycles. The van der Waals surface area contributed by atoms with Crippen LogP contribution >= 0.6 is 0 Å². The molecule has 7 heteroatoms. The van der Waals surface area contributed by atoms with E-state index in [2.05, 4.69) is 9.88 Å². The lowest BCUT2D eigenvalue weighted by molar-refractivity contribution is 0.144. The molecule has 0 amide bonds. The SMILES string of the molecule is O=S1(=O)c2cccnc2O[C@H]2CN(CC3CC3)C[C@@H]2N1Cc1ccccc1. The highest BCUT2D eigenvalue weighted by Gasteiger charge is 2.48. The molecule has 142 valence electrons. The summed E-state index contributed by atoms with van der Waals surface area (Å²) < 4.78 is 34.8. The van der Waals surface area contributed by atoms with E-state index in [9.17, 15) is 8.42 Å². The van der Waals surface area contributed by atoms with Crippen LogP contribution in [0.15, 0.2) is 53.6 Å². The van der Waals surface area contributed by atoms with Crippen LogP contribution in [-0.4, -0.2) is 54.4 Å². The van der Waals surface area contributed by atoms with Crippen LogP contribution in [0.1, 0.15) is 18.4 Å². The Balaban J connectivity index is 1.53. The van der Waals surface area contributed by atoms with Gasteiger partial charge in [0.1, 0.15) is 11.0 Å². The Morgan fingerprint density at radius 2 is 1.89 bits per heavy atom. The molecule has 2 aliphatic heterocycles. The zero-order valence-electron chi connectivity index (χ0n) is 15.1. The number of hydrogen-bond donors (Lipinski definition) is 0. The van der Waals surface area contributed by atoms with Crippen molar-refractivity contribution in [2.75, 3.05) is 19.6 Å². The van der Waals surface area contributed by atoms with Crippen molar-refractivity contribution in [1.82, 2.24) is 14.2 Å². The molecule has 27 heavy (non-hydrogen) atoms. The number of sulfonamides is 1. The minimum absolute atomic E-state index is 0.170. The maximum absolute atomic E-state index is 13.5. The summed E-state index contributed by atoms with van der Waals surface area (Å²) in [5, 5.41) is 0. The summed E-state index contributed by atoms with van der Waals surface area (Å²) in [6.07, 6.45) is 3.96. The minimum atomic E-state index is -3.69. The third-order valence-electron chi connectivity index (χ3n) is 5.66. The number of pyridine rings is 1. The van der Waals surface area contributed by atoms with Gasteiger partial charge < -0.3 is 4.74 Å². The topological polar surface area (TPSA) is 62.7 Å². The molecule has 3 aliphatic rings. The van der Waals surface area contributed by atoms with E-state index in [0.29, 0.717) is 13.1 Å². The van der Waals surface area contributed by atoms with Crippen molar-refractivity contribution in [3.63, 3.8) is 0 Å². The molecular weight excluding hydrogens is 362 g/mol. The Kier molecular flexibility index (Phi) is 4.18. The van der Waals surface area contributed by atoms with Crippen LogP contribution in [0.2, 0.25) is 0 Å². The normalized spacial score (nSPS) is 27.4. The first-order valence-corrected chi connectivity index (χ1v) is 10.9. The molecule has 1 saturated carbocycles. The quantitative estimate of drug-likeness (QED) is 0.807. The molecule has 2 fully saturated rings. The Morgan fingerprint density at radius 1 is 1.07 bits per heavy atom. The van der Waals surface area contributed by atoms with Gasteiger partial charge in [-0.1, -0.05) is 30.3 Å². The van der Waals surface area contributed by atoms with E-state index in [4.69, 9.17) is 4.74 Å². The Morgan fingerprint density at radius 3 is 2.67 bits per heavy atom. The molecule has 6 nitrogen and oxygen atoms in total. The number of fused-ring (bicyclic) bond motifs is 2. The summed E-state index contributed by atoms with van der Waals surface area (Å²) in [5.41, 5.74) is 0.979. The molecule has 2 aromatic rings. The first-order valence-electron chi connectivity index (χ1n) is 9.51. The number of aromatic nitrogens is 1. The van der Waals surface area contributed by atoms with E-state index in [0.717, 1.165) is 24.6 Å². The summed E-state index contributed by atoms with van der Waals surface area (Å²) in [5.74, 6) is 0.994. The molecular formula is C20H23N3O3S. The number of nitrogens with zero attached hydrogens (tertiary/aromatic N) is 3. The Labute approximate surface area is 159 Å². The molecule has 0 spiro atoms. The van der Waals surface area contributed by atoms with Crippen molar-refractivity contribution in [3.05, 3.63) is 54.2 Å². The summed E-state index contributed by atoms with van der Waals surface area (Å²) in [7, 11) is -3.69. The number of likely N-dealkylation sites (tertiary alicyclic amines) is 1. The van der Waals surface area contributed by atoms with Gasteiger partial charge in [0.25, 0.3) is 0 Å². The molecule has 3 heterocycles. The van der Waals surface area contributed by atoms with Crippen molar-refractivity contribution in [1.29, 1.82) is 0 Å². The van der Waals surface area contributed by atoms with Crippen molar-refractivity contribution in [3.8, 4) is 5.88 Å². The largest absolute Gasteiger partial charge is 0.470 e. The van der Waals surface area contributed by atoms with Crippen molar-refractivity contribution in [2.45, 2.75) is 36.4 Å². The third kappa shape index (κ3) is 3.24. The van der Waals surface area contributed by atoms with Gasteiger partial charge in [0.05, 0.1) is 6.04 Å². The highest BCUT2D eigenvalue weighted by Crippen LogP contribution is 2.37. The fourth-order valence-electron chi connectivity index (χ4n) is 4.11. The van der Waals surface area contributed by atoms with E-state index in [1.807, 2.05) is 30.3 Å². The van der Waals surface area contributed by atoms with Gasteiger partial charge in [-0.3, -0.25) is 4.90 Å². The molecule has 1 aromatic carbocycles. The summed E-state index contributed by atoms with van der Waals surface area (Å²) >= 11 is 0. The van der Waals surface area contributed by atoms with Gasteiger partial charge in [-0.25, -0.2) is 13.4 Å². The van der Waals surface area contributed by atoms with Gasteiger partial charge >= 0.3 is 0 Å². The maximum atomic E-state index is 13.5. The van der Waals surface area contributed by atoms with Crippen LogP contribution in [0.5, 0.6) is 5.88 Å². The predicted molar refractivity (Wildman–Crippen MR) is 101 cm³/mol. The van der Waals surface area contributed by atoms with Gasteiger partial charge in [-0.2, -0.15) is 4.31 Å². The number of ether oxygens (including phenoxy) is 1. The van der Waals surface area contributed by atoms with E-state index in [1.54, 1.807) is 22.6 Å². The second kappa shape index (κ2) is 6.58. The first-order chi connectivity index (χ1) is 13.1. The van der Waals surface area contributed by atoms with E-state index < -0.39 is 10.0 Å². The lowest BCUT2D eigenvalue weighted by atomic mass is 10.1. The van der Waals surface area contributed by atoms with Crippen molar-refractivity contribution < 1.29 is 13.2 Å². The zero-order chi connectivity index (χ0) is 18.4. The molecule has 1 aliphatic carbocycles. The Hall–Kier alpha value is -1.96. The average Bonchev–Trinajstić information content (AvgIpc) is 3.41. The second-order valence-corrected chi connectivity index (χ2v) is 9.59. The average molecular weight is 385 g/mol. The standard InChI is InChI=1S/C20H23N3O3S/c24-27(25)19-7-4-10-21-20(19)26-18-14-22(11-16-8-9-16)13-17(18)23(27)12-15-5-2-1-3-6-15/h1-7,10,16-18H,8-9,11-14H2/t17-,18-/m0/s1.